The van der Waals surface area contributed by atoms with Crippen LogP contribution in [0, 0.1) is 28.6 Å². The molecule has 6 rings (SSSR count). The number of ether oxygens (including phenoxy) is 2. The molecule has 236 valence electrons. The van der Waals surface area contributed by atoms with E-state index < -0.39 is 17.5 Å². The fraction of sp³-hybridized carbons (Fsp3) is 0.758. The quantitative estimate of drug-likeness (QED) is 0.407. The van der Waals surface area contributed by atoms with E-state index in [1.165, 1.54) is 11.0 Å². The van der Waals surface area contributed by atoms with Gasteiger partial charge in [0.1, 0.15) is 6.10 Å². The number of amides is 2. The van der Waals surface area contributed by atoms with Crippen molar-refractivity contribution in [3.63, 3.8) is 0 Å². The van der Waals surface area contributed by atoms with Crippen molar-refractivity contribution in [2.75, 3.05) is 32.8 Å². The lowest BCUT2D eigenvalue weighted by molar-refractivity contribution is -0.205. The first-order chi connectivity index (χ1) is 20.5. The van der Waals surface area contributed by atoms with E-state index in [0.717, 1.165) is 63.4 Å². The molecule has 5 fully saturated rings. The molecule has 2 heterocycles. The van der Waals surface area contributed by atoms with Crippen LogP contribution >= 0.6 is 0 Å². The molecular formula is C33H46N2O8. The summed E-state index contributed by atoms with van der Waals surface area (Å²) in [6.45, 7) is 7.69. The maximum atomic E-state index is 13.1. The Balaban J connectivity index is 1.07. The van der Waals surface area contributed by atoms with Gasteiger partial charge in [-0.15, -0.1) is 0 Å². The van der Waals surface area contributed by atoms with Crippen molar-refractivity contribution in [3.8, 4) is 0 Å². The highest BCUT2D eigenvalue weighted by atomic mass is 16.6. The lowest BCUT2D eigenvalue weighted by Crippen LogP contribution is -2.62. The SMILES string of the molecule is CCOC(=O)C(=O)N1CCN(C(=O)O[C@H]2CC[C@@]3(C)[C@H](CC[C@@H]4[C@@H]3CC[C@]3(C)[C@@H](c5ccc(=O)oc5)CC[C@]43O)C2)CC1. The number of rotatable bonds is 3. The monoisotopic (exact) mass is 598 g/mol. The van der Waals surface area contributed by atoms with Crippen molar-refractivity contribution in [2.24, 2.45) is 28.6 Å². The fourth-order valence-electron chi connectivity index (χ4n) is 10.0. The van der Waals surface area contributed by atoms with E-state index in [9.17, 15) is 24.3 Å². The Hall–Kier alpha value is -2.88. The summed E-state index contributed by atoms with van der Waals surface area (Å²) in [6.07, 6.45) is 9.42. The number of hydrogen-bond donors (Lipinski definition) is 1. The predicted molar refractivity (Wildman–Crippen MR) is 156 cm³/mol. The zero-order valence-corrected chi connectivity index (χ0v) is 25.7. The van der Waals surface area contributed by atoms with Gasteiger partial charge >= 0.3 is 23.6 Å². The summed E-state index contributed by atoms with van der Waals surface area (Å²) in [4.78, 5) is 51.7. The highest BCUT2D eigenvalue weighted by Crippen LogP contribution is 2.70. The number of carbonyl (C=O) groups is 3. The third-order valence-electron chi connectivity index (χ3n) is 12.5. The summed E-state index contributed by atoms with van der Waals surface area (Å²) < 4.78 is 16.1. The molecule has 1 saturated heterocycles. The van der Waals surface area contributed by atoms with Crippen LogP contribution in [0.1, 0.15) is 90.0 Å². The Morgan fingerprint density at radius 3 is 2.40 bits per heavy atom. The lowest BCUT2D eigenvalue weighted by atomic mass is 9.43. The standard InChI is InChI=1S/C33H46N2O8/c1-4-41-29(38)28(37)34-15-17-35(18-16-34)30(39)43-23-9-12-31(2)22(19-23)6-7-26-25(31)10-13-32(3)24(11-14-33(26,32)40)21-5-8-27(36)42-20-21/h5,8,20,22-26,40H,4,6-7,9-19H2,1-3H3/t22-,23+,24-,25+,26-,31+,32-,33+/m1/s1. The molecule has 0 spiro atoms. The second kappa shape index (κ2) is 11.2. The van der Waals surface area contributed by atoms with Crippen LogP contribution in [0.4, 0.5) is 4.79 Å². The van der Waals surface area contributed by atoms with Crippen LogP contribution in [0.15, 0.2) is 27.6 Å². The average molecular weight is 599 g/mol. The zero-order chi connectivity index (χ0) is 30.6. The molecular weight excluding hydrogens is 552 g/mol. The van der Waals surface area contributed by atoms with Gasteiger partial charge in [0.05, 0.1) is 18.5 Å². The first-order valence-corrected chi connectivity index (χ1v) is 16.2. The second-order valence-corrected chi connectivity index (χ2v) is 14.1. The highest BCUT2D eigenvalue weighted by molar-refractivity contribution is 6.32. The van der Waals surface area contributed by atoms with Crippen LogP contribution in [0.25, 0.3) is 0 Å². The van der Waals surface area contributed by atoms with Crippen molar-refractivity contribution in [1.82, 2.24) is 9.80 Å². The van der Waals surface area contributed by atoms with Gasteiger partial charge in [0, 0.05) is 37.7 Å². The molecule has 0 radical (unpaired) electrons. The first kappa shape index (κ1) is 30.2. The molecule has 0 unspecified atom stereocenters. The van der Waals surface area contributed by atoms with E-state index in [-0.39, 0.29) is 60.2 Å². The number of fused-ring (bicyclic) bond motifs is 5. The van der Waals surface area contributed by atoms with Crippen molar-refractivity contribution in [2.45, 2.75) is 96.2 Å². The molecule has 10 heteroatoms. The molecule has 1 aliphatic heterocycles. The van der Waals surface area contributed by atoms with Gasteiger partial charge < -0.3 is 28.8 Å². The van der Waals surface area contributed by atoms with Crippen LogP contribution in [-0.4, -0.2) is 77.4 Å². The number of piperazine rings is 1. The van der Waals surface area contributed by atoms with Crippen LogP contribution in [0.3, 0.4) is 0 Å². The number of aliphatic hydroxyl groups is 1. The number of hydrogen-bond acceptors (Lipinski definition) is 8. The van der Waals surface area contributed by atoms with Crippen molar-refractivity contribution < 1.29 is 33.4 Å². The first-order valence-electron chi connectivity index (χ1n) is 16.2. The van der Waals surface area contributed by atoms with E-state index in [0.29, 0.717) is 24.9 Å². The molecule has 1 aromatic rings. The van der Waals surface area contributed by atoms with Gasteiger partial charge in [-0.2, -0.15) is 0 Å². The number of carbonyl (C=O) groups excluding carboxylic acids is 3. The van der Waals surface area contributed by atoms with Crippen LogP contribution in [-0.2, 0) is 19.1 Å². The molecule has 4 aliphatic carbocycles. The lowest BCUT2D eigenvalue weighted by Gasteiger charge is -2.63. The summed E-state index contributed by atoms with van der Waals surface area (Å²) in [5, 5.41) is 12.5. The Labute approximate surface area is 253 Å². The molecule has 8 atom stereocenters. The van der Waals surface area contributed by atoms with E-state index in [4.69, 9.17) is 13.9 Å². The summed E-state index contributed by atoms with van der Waals surface area (Å²) >= 11 is 0. The van der Waals surface area contributed by atoms with Crippen LogP contribution in [0.5, 0.6) is 0 Å². The summed E-state index contributed by atoms with van der Waals surface area (Å²) in [5.41, 5.74) is -0.228. The van der Waals surface area contributed by atoms with Crippen LogP contribution < -0.4 is 5.63 Å². The predicted octanol–water partition coefficient (Wildman–Crippen LogP) is 4.09. The molecule has 4 saturated carbocycles. The Morgan fingerprint density at radius 1 is 0.953 bits per heavy atom. The van der Waals surface area contributed by atoms with Crippen molar-refractivity contribution in [3.05, 3.63) is 34.4 Å². The highest BCUT2D eigenvalue weighted by Gasteiger charge is 2.67. The topological polar surface area (TPSA) is 127 Å². The van der Waals surface area contributed by atoms with Gasteiger partial charge in [-0.3, -0.25) is 4.79 Å². The van der Waals surface area contributed by atoms with E-state index in [2.05, 4.69) is 13.8 Å². The molecule has 0 aromatic carbocycles. The summed E-state index contributed by atoms with van der Waals surface area (Å²) in [6, 6.07) is 3.37. The fourth-order valence-corrected chi connectivity index (χ4v) is 10.0. The summed E-state index contributed by atoms with van der Waals surface area (Å²) in [5.74, 6) is -0.237. The van der Waals surface area contributed by atoms with Crippen molar-refractivity contribution >= 4 is 18.0 Å². The third-order valence-corrected chi connectivity index (χ3v) is 12.5. The summed E-state index contributed by atoms with van der Waals surface area (Å²) in [7, 11) is 0. The minimum Gasteiger partial charge on any atom is -0.459 e. The minimum atomic E-state index is -0.855. The third kappa shape index (κ3) is 4.97. The largest absolute Gasteiger partial charge is 0.459 e. The number of nitrogens with zero attached hydrogens (tertiary/aromatic N) is 2. The Bertz CT molecular complexity index is 1290. The maximum absolute atomic E-state index is 13.1. The van der Waals surface area contributed by atoms with Gasteiger partial charge in [-0.1, -0.05) is 13.8 Å². The van der Waals surface area contributed by atoms with Crippen molar-refractivity contribution in [1.29, 1.82) is 0 Å². The van der Waals surface area contributed by atoms with E-state index in [1.807, 2.05) is 6.07 Å². The minimum absolute atomic E-state index is 0.0968. The Kier molecular flexibility index (Phi) is 7.88. The number of esters is 1. The molecule has 1 N–H and O–H groups in total. The average Bonchev–Trinajstić information content (AvgIpc) is 3.28. The normalized spacial score (nSPS) is 38.8. The van der Waals surface area contributed by atoms with Gasteiger partial charge in [-0.25, -0.2) is 14.4 Å². The molecule has 2 amide bonds. The molecule has 0 bridgehead atoms. The van der Waals surface area contributed by atoms with Gasteiger partial charge in [0.25, 0.3) is 0 Å². The second-order valence-electron chi connectivity index (χ2n) is 14.1. The van der Waals surface area contributed by atoms with E-state index in [1.54, 1.807) is 18.1 Å². The molecule has 5 aliphatic rings. The van der Waals surface area contributed by atoms with E-state index >= 15 is 0 Å². The van der Waals surface area contributed by atoms with Gasteiger partial charge in [0.15, 0.2) is 0 Å². The molecule has 43 heavy (non-hydrogen) atoms. The zero-order valence-electron chi connectivity index (χ0n) is 25.7. The Morgan fingerprint density at radius 2 is 1.70 bits per heavy atom. The van der Waals surface area contributed by atoms with Gasteiger partial charge in [0.2, 0.25) is 0 Å². The molecule has 10 nitrogen and oxygen atoms in total. The smallest absolute Gasteiger partial charge is 0.410 e. The van der Waals surface area contributed by atoms with Gasteiger partial charge in [-0.05, 0) is 105 Å². The van der Waals surface area contributed by atoms with Crippen LogP contribution in [0.2, 0.25) is 0 Å². The molecule has 1 aromatic heterocycles. The maximum Gasteiger partial charge on any atom is 0.410 e.